The zero-order valence-electron chi connectivity index (χ0n) is 14.1. The molecule has 2 amide bonds. The van der Waals surface area contributed by atoms with Gasteiger partial charge in [0.2, 0.25) is 11.6 Å². The van der Waals surface area contributed by atoms with Crippen LogP contribution in [0.15, 0.2) is 0 Å². The second-order valence-corrected chi connectivity index (χ2v) is 11.2. The summed E-state index contributed by atoms with van der Waals surface area (Å²) in [5.74, 6) is -2.35. The third kappa shape index (κ3) is 5.13. The highest BCUT2D eigenvalue weighted by molar-refractivity contribution is 6.68. The van der Waals surface area contributed by atoms with Gasteiger partial charge in [0, 0.05) is 32.4 Å². The molecule has 1 aliphatic heterocycles. The number of amides is 2. The summed E-state index contributed by atoms with van der Waals surface area (Å²) in [6.45, 7) is 3.22. The molecule has 25 heavy (non-hydrogen) atoms. The summed E-state index contributed by atoms with van der Waals surface area (Å²) < 4.78 is -3.28. The van der Waals surface area contributed by atoms with Gasteiger partial charge in [-0.05, 0) is 6.42 Å². The molecule has 5 nitrogen and oxygen atoms in total. The molecule has 0 aromatic rings. The number of piperazine rings is 1. The molecule has 0 radical (unpaired) electrons. The maximum Gasteiger partial charge on any atom is 0.276 e. The van der Waals surface area contributed by atoms with E-state index in [1.54, 1.807) is 13.8 Å². The van der Waals surface area contributed by atoms with Crippen molar-refractivity contribution in [2.45, 2.75) is 46.0 Å². The summed E-state index contributed by atoms with van der Waals surface area (Å²) in [6, 6.07) is -0.869. The Hall–Kier alpha value is 0.640. The summed E-state index contributed by atoms with van der Waals surface area (Å²) in [6.07, 6.45) is -0.111. The Morgan fingerprint density at radius 2 is 1.48 bits per heavy atom. The zero-order chi connectivity index (χ0) is 20.0. The van der Waals surface area contributed by atoms with Gasteiger partial charge in [-0.15, -0.1) is 0 Å². The smallest absolute Gasteiger partial charge is 0.276 e. The van der Waals surface area contributed by atoms with Gasteiger partial charge in [0.25, 0.3) is 5.91 Å². The van der Waals surface area contributed by atoms with Gasteiger partial charge in [-0.25, -0.2) is 0 Å². The van der Waals surface area contributed by atoms with E-state index in [1.807, 2.05) is 0 Å². The van der Waals surface area contributed by atoms with Crippen LogP contribution < -0.4 is 0 Å². The lowest BCUT2D eigenvalue weighted by Gasteiger charge is -2.48. The van der Waals surface area contributed by atoms with Crippen LogP contribution in [0.3, 0.4) is 0 Å². The van der Waals surface area contributed by atoms with Gasteiger partial charge >= 0.3 is 0 Å². The van der Waals surface area contributed by atoms with Gasteiger partial charge in [0.15, 0.2) is 7.59 Å². The van der Waals surface area contributed by atoms with Gasteiger partial charge in [-0.1, -0.05) is 83.5 Å². The molecule has 0 aromatic carbocycles. The highest BCUT2D eigenvalue weighted by Gasteiger charge is 2.55. The standard InChI is InChI=1S/C14H20Cl6N2O3/c1-7(13(15,16)17)5-9-10(23)22(4)12(25,11(24)21(9)3)6-8(2)14(18,19)20/h7-9,25H,5-6H2,1-4H3/t7-,8-,9-,12+/m0/s1. The number of nitrogens with zero attached hydrogens (tertiary/aromatic N) is 2. The van der Waals surface area contributed by atoms with Gasteiger partial charge in [0.1, 0.15) is 6.04 Å². The predicted molar refractivity (Wildman–Crippen MR) is 102 cm³/mol. The van der Waals surface area contributed by atoms with Crippen LogP contribution in [0.4, 0.5) is 0 Å². The molecule has 0 saturated carbocycles. The maximum atomic E-state index is 12.8. The first-order chi connectivity index (χ1) is 11.0. The summed E-state index contributed by atoms with van der Waals surface area (Å²) in [7, 11) is 2.74. The Kier molecular flexibility index (Phi) is 7.52. The minimum Gasteiger partial charge on any atom is -0.363 e. The number of alkyl halides is 6. The summed E-state index contributed by atoms with van der Waals surface area (Å²) in [5, 5.41) is 10.9. The van der Waals surface area contributed by atoms with Crippen molar-refractivity contribution in [1.82, 2.24) is 9.80 Å². The second kappa shape index (κ2) is 7.94. The Morgan fingerprint density at radius 1 is 1.04 bits per heavy atom. The van der Waals surface area contributed by atoms with Crippen LogP contribution >= 0.6 is 69.6 Å². The average molecular weight is 477 g/mol. The number of halogens is 6. The number of hydrogen-bond acceptors (Lipinski definition) is 3. The van der Waals surface area contributed by atoms with Gasteiger partial charge in [-0.3, -0.25) is 9.59 Å². The topological polar surface area (TPSA) is 60.9 Å². The Morgan fingerprint density at radius 3 is 1.88 bits per heavy atom. The lowest BCUT2D eigenvalue weighted by Crippen LogP contribution is -2.70. The van der Waals surface area contributed by atoms with E-state index in [-0.39, 0.29) is 12.8 Å². The van der Waals surface area contributed by atoms with E-state index >= 15 is 0 Å². The Balaban J connectivity index is 3.09. The van der Waals surface area contributed by atoms with Crippen molar-refractivity contribution >= 4 is 81.4 Å². The number of carbonyl (C=O) groups excluding carboxylic acids is 2. The summed E-state index contributed by atoms with van der Waals surface area (Å²) in [5.41, 5.74) is -2.12. The molecule has 0 bridgehead atoms. The molecule has 1 heterocycles. The fraction of sp³-hybridized carbons (Fsp3) is 0.857. The van der Waals surface area contributed by atoms with Gasteiger partial charge in [0.05, 0.1) is 0 Å². The van der Waals surface area contributed by atoms with E-state index in [0.29, 0.717) is 0 Å². The van der Waals surface area contributed by atoms with Crippen molar-refractivity contribution in [3.63, 3.8) is 0 Å². The number of hydrogen-bond donors (Lipinski definition) is 1. The monoisotopic (exact) mass is 474 g/mol. The normalized spacial score (nSPS) is 28.4. The fourth-order valence-electron chi connectivity index (χ4n) is 2.63. The molecule has 0 spiro atoms. The van der Waals surface area contributed by atoms with Crippen LogP contribution in [-0.2, 0) is 9.59 Å². The molecule has 0 aliphatic carbocycles. The lowest BCUT2D eigenvalue weighted by atomic mass is 9.90. The minimum atomic E-state index is -2.12. The van der Waals surface area contributed by atoms with E-state index < -0.39 is 43.0 Å². The van der Waals surface area contributed by atoms with Crippen molar-refractivity contribution in [2.24, 2.45) is 11.8 Å². The molecule has 1 fully saturated rings. The second-order valence-electron chi connectivity index (χ2n) is 6.47. The molecule has 1 saturated heterocycles. The number of aliphatic hydroxyl groups is 1. The van der Waals surface area contributed by atoms with Crippen LogP contribution in [0.2, 0.25) is 0 Å². The van der Waals surface area contributed by atoms with Gasteiger partial charge < -0.3 is 14.9 Å². The molecule has 1 rings (SSSR count). The van der Waals surface area contributed by atoms with Crippen LogP contribution in [0.1, 0.15) is 26.7 Å². The molecular formula is C14H20Cl6N2O3. The highest BCUT2D eigenvalue weighted by atomic mass is 35.6. The van der Waals surface area contributed by atoms with Crippen LogP contribution in [0.25, 0.3) is 0 Å². The first-order valence-corrected chi connectivity index (χ1v) is 9.71. The first kappa shape index (κ1) is 23.7. The molecular weight excluding hydrogens is 457 g/mol. The molecule has 0 aromatic heterocycles. The maximum absolute atomic E-state index is 12.8. The van der Waals surface area contributed by atoms with Crippen molar-refractivity contribution in [2.75, 3.05) is 14.1 Å². The van der Waals surface area contributed by atoms with Crippen molar-refractivity contribution in [3.05, 3.63) is 0 Å². The first-order valence-electron chi connectivity index (χ1n) is 7.44. The average Bonchev–Trinajstić information content (AvgIpc) is 2.45. The summed E-state index contributed by atoms with van der Waals surface area (Å²) in [4.78, 5) is 27.6. The molecule has 0 unspecified atom stereocenters. The Bertz CT molecular complexity index is 536. The molecule has 146 valence electrons. The fourth-order valence-corrected chi connectivity index (χ4v) is 3.13. The minimum absolute atomic E-state index is 0.123. The number of rotatable bonds is 4. The quantitative estimate of drug-likeness (QED) is 0.628. The predicted octanol–water partition coefficient (Wildman–Crippen LogP) is 3.77. The third-order valence-corrected chi connectivity index (χ3v) is 6.82. The molecule has 1 aliphatic rings. The number of carbonyl (C=O) groups is 2. The van der Waals surface area contributed by atoms with Crippen molar-refractivity contribution < 1.29 is 14.7 Å². The summed E-state index contributed by atoms with van der Waals surface area (Å²) >= 11 is 35.1. The highest BCUT2D eigenvalue weighted by Crippen LogP contribution is 2.42. The lowest BCUT2D eigenvalue weighted by molar-refractivity contribution is -0.198. The van der Waals surface area contributed by atoms with E-state index in [1.165, 1.54) is 14.1 Å². The zero-order valence-corrected chi connectivity index (χ0v) is 18.6. The molecule has 11 heteroatoms. The van der Waals surface area contributed by atoms with Crippen LogP contribution in [0.5, 0.6) is 0 Å². The molecule has 4 atom stereocenters. The number of likely N-dealkylation sites (N-methyl/N-ethyl adjacent to an activating group) is 2. The van der Waals surface area contributed by atoms with Crippen molar-refractivity contribution in [3.8, 4) is 0 Å². The van der Waals surface area contributed by atoms with Crippen molar-refractivity contribution in [1.29, 1.82) is 0 Å². The van der Waals surface area contributed by atoms with E-state index in [0.717, 1.165) is 9.80 Å². The van der Waals surface area contributed by atoms with E-state index in [4.69, 9.17) is 69.6 Å². The van der Waals surface area contributed by atoms with E-state index in [2.05, 4.69) is 0 Å². The van der Waals surface area contributed by atoms with Crippen LogP contribution in [0, 0.1) is 11.8 Å². The molecule has 1 N–H and O–H groups in total. The largest absolute Gasteiger partial charge is 0.363 e. The Labute approximate surface area is 177 Å². The SMILES string of the molecule is C[C@@H](C[C@H]1C(=O)N(C)[C@@](O)(C[C@H](C)C(Cl)(Cl)Cl)C(=O)N1C)C(Cl)(Cl)Cl. The van der Waals surface area contributed by atoms with Gasteiger partial charge in [-0.2, -0.15) is 0 Å². The van der Waals surface area contributed by atoms with E-state index in [9.17, 15) is 14.7 Å². The third-order valence-electron chi connectivity index (χ3n) is 4.59. The van der Waals surface area contributed by atoms with Crippen LogP contribution in [-0.4, -0.2) is 60.2 Å².